The van der Waals surface area contributed by atoms with Crippen molar-refractivity contribution in [3.05, 3.63) is 14.1 Å². The van der Waals surface area contributed by atoms with Gasteiger partial charge in [0, 0.05) is 0 Å². The second kappa shape index (κ2) is 2.42. The molecule has 40 valence electrons. The van der Waals surface area contributed by atoms with E-state index in [2.05, 4.69) is 27.6 Å². The molecule has 0 aromatic carbocycles. The molecule has 0 aliphatic rings. The number of halogens is 1. The van der Waals surface area contributed by atoms with Crippen LogP contribution in [0.15, 0.2) is 6.20 Å². The van der Waals surface area contributed by atoms with E-state index in [-0.39, 0.29) is 0 Å². The number of nitrogens with zero attached hydrogens (tertiary/aromatic N) is 2. The average molecular weight is 236 g/mol. The van der Waals surface area contributed by atoms with E-state index in [0.29, 0.717) is 5.01 Å². The van der Waals surface area contributed by atoms with Crippen LogP contribution in [0.3, 0.4) is 0 Å². The maximum Gasteiger partial charge on any atom is 0.195 e. The third kappa shape index (κ3) is 1.17. The molecule has 0 aliphatic carbocycles. The molecule has 0 atom stereocenters. The van der Waals surface area contributed by atoms with Crippen molar-refractivity contribution >= 4 is 33.9 Å². The zero-order valence-corrected chi connectivity index (χ0v) is 6.73. The maximum atomic E-state index is 8.25. The van der Waals surface area contributed by atoms with Crippen molar-refractivity contribution in [3.63, 3.8) is 0 Å². The summed E-state index contributed by atoms with van der Waals surface area (Å²) in [5.74, 6) is 0. The van der Waals surface area contributed by atoms with Gasteiger partial charge in [0.25, 0.3) is 0 Å². The van der Waals surface area contributed by atoms with Crippen LogP contribution in [0, 0.1) is 14.2 Å². The van der Waals surface area contributed by atoms with E-state index < -0.39 is 0 Å². The number of nitriles is 1. The molecule has 0 N–H and O–H groups in total. The molecule has 8 heavy (non-hydrogen) atoms. The molecule has 1 heterocycles. The molecule has 0 amide bonds. The summed E-state index contributed by atoms with van der Waals surface area (Å²) in [4.78, 5) is 3.78. The molecule has 0 fully saturated rings. The molecule has 1 rings (SSSR count). The fraction of sp³-hybridized carbons (Fsp3) is 0. The van der Waals surface area contributed by atoms with Gasteiger partial charge in [-0.1, -0.05) is 11.3 Å². The Morgan fingerprint density at radius 3 is 2.88 bits per heavy atom. The van der Waals surface area contributed by atoms with Crippen LogP contribution in [0.1, 0.15) is 5.01 Å². The van der Waals surface area contributed by atoms with Crippen LogP contribution in [0.25, 0.3) is 0 Å². The lowest BCUT2D eigenvalue weighted by molar-refractivity contribution is 1.35. The fourth-order valence-corrected chi connectivity index (χ4v) is 1.51. The largest absolute Gasteiger partial charge is 0.233 e. The van der Waals surface area contributed by atoms with Crippen molar-refractivity contribution in [2.75, 3.05) is 0 Å². The van der Waals surface area contributed by atoms with Crippen LogP contribution in [-0.2, 0) is 0 Å². The Kier molecular flexibility index (Phi) is 1.81. The Labute approximate surface area is 64.3 Å². The van der Waals surface area contributed by atoms with Crippen molar-refractivity contribution < 1.29 is 0 Å². The molecule has 0 unspecified atom stereocenters. The van der Waals surface area contributed by atoms with E-state index in [4.69, 9.17) is 5.26 Å². The highest BCUT2D eigenvalue weighted by Crippen LogP contribution is 2.12. The van der Waals surface area contributed by atoms with Crippen LogP contribution in [0.2, 0.25) is 0 Å². The Morgan fingerprint density at radius 1 is 1.88 bits per heavy atom. The smallest absolute Gasteiger partial charge is 0.195 e. The van der Waals surface area contributed by atoms with Crippen molar-refractivity contribution in [1.82, 2.24) is 4.98 Å². The van der Waals surface area contributed by atoms with Gasteiger partial charge in [0.05, 0.1) is 9.08 Å². The average Bonchev–Trinajstić information content (AvgIpc) is 2.14. The van der Waals surface area contributed by atoms with Gasteiger partial charge in [-0.15, -0.1) is 0 Å². The third-order valence-corrected chi connectivity index (χ3v) is 2.20. The SMILES string of the molecule is N#Cc1ncc(I)s1. The number of rotatable bonds is 0. The quantitative estimate of drug-likeness (QED) is 0.641. The minimum Gasteiger partial charge on any atom is -0.233 e. The van der Waals surface area contributed by atoms with Crippen LogP contribution in [-0.4, -0.2) is 4.98 Å². The monoisotopic (exact) mass is 236 g/mol. The first kappa shape index (κ1) is 5.98. The standard InChI is InChI=1S/C4HIN2S/c5-3-2-7-4(1-6)8-3/h2H. The summed E-state index contributed by atoms with van der Waals surface area (Å²) >= 11 is 3.53. The first-order chi connectivity index (χ1) is 3.83. The topological polar surface area (TPSA) is 36.7 Å². The molecular weight excluding hydrogens is 235 g/mol. The second-order valence-electron chi connectivity index (χ2n) is 1.08. The molecule has 1 aromatic heterocycles. The predicted molar refractivity (Wildman–Crippen MR) is 39.5 cm³/mol. The Morgan fingerprint density at radius 2 is 2.62 bits per heavy atom. The summed E-state index contributed by atoms with van der Waals surface area (Å²) in [6, 6.07) is 1.95. The molecule has 0 spiro atoms. The lowest BCUT2D eigenvalue weighted by atomic mass is 10.8. The Balaban J connectivity index is 3.05. The summed E-state index contributed by atoms with van der Waals surface area (Å²) < 4.78 is 1.05. The summed E-state index contributed by atoms with van der Waals surface area (Å²) in [5.41, 5.74) is 0. The number of aromatic nitrogens is 1. The normalized spacial score (nSPS) is 8.50. The lowest BCUT2D eigenvalue weighted by Crippen LogP contribution is -1.61. The van der Waals surface area contributed by atoms with Crippen molar-refractivity contribution in [2.24, 2.45) is 0 Å². The maximum absolute atomic E-state index is 8.25. The highest BCUT2D eigenvalue weighted by atomic mass is 127. The molecule has 0 saturated carbocycles. The van der Waals surface area contributed by atoms with Gasteiger partial charge >= 0.3 is 0 Å². The lowest BCUT2D eigenvalue weighted by Gasteiger charge is -1.64. The third-order valence-electron chi connectivity index (χ3n) is 0.573. The summed E-state index contributed by atoms with van der Waals surface area (Å²) in [5, 5.41) is 8.78. The molecule has 0 radical (unpaired) electrons. The molecule has 1 aromatic rings. The van der Waals surface area contributed by atoms with E-state index in [1.807, 2.05) is 6.07 Å². The highest BCUT2D eigenvalue weighted by Gasteiger charge is 1.93. The summed E-state index contributed by atoms with van der Waals surface area (Å²) in [7, 11) is 0. The molecule has 4 heteroatoms. The predicted octanol–water partition coefficient (Wildman–Crippen LogP) is 1.62. The zero-order chi connectivity index (χ0) is 5.98. The highest BCUT2D eigenvalue weighted by molar-refractivity contribution is 14.1. The zero-order valence-electron chi connectivity index (χ0n) is 3.76. The van der Waals surface area contributed by atoms with E-state index in [9.17, 15) is 0 Å². The van der Waals surface area contributed by atoms with Gasteiger partial charge in [-0.25, -0.2) is 4.98 Å². The first-order valence-electron chi connectivity index (χ1n) is 1.84. The fourth-order valence-electron chi connectivity index (χ4n) is 0.306. The summed E-state index contributed by atoms with van der Waals surface area (Å²) in [6.45, 7) is 0. The van der Waals surface area contributed by atoms with E-state index in [1.165, 1.54) is 11.3 Å². The van der Waals surface area contributed by atoms with Gasteiger partial charge < -0.3 is 0 Å². The first-order valence-corrected chi connectivity index (χ1v) is 3.74. The van der Waals surface area contributed by atoms with E-state index >= 15 is 0 Å². The van der Waals surface area contributed by atoms with Crippen LogP contribution in [0.4, 0.5) is 0 Å². The van der Waals surface area contributed by atoms with Crippen LogP contribution >= 0.6 is 33.9 Å². The van der Waals surface area contributed by atoms with Gasteiger partial charge in [0.1, 0.15) is 6.07 Å². The molecule has 0 aliphatic heterocycles. The van der Waals surface area contributed by atoms with Gasteiger partial charge in [-0.3, -0.25) is 0 Å². The number of hydrogen-bond donors (Lipinski definition) is 0. The van der Waals surface area contributed by atoms with Crippen molar-refractivity contribution in [2.45, 2.75) is 0 Å². The van der Waals surface area contributed by atoms with E-state index in [1.54, 1.807) is 6.20 Å². The number of thiazole rings is 1. The minimum absolute atomic E-state index is 0.536. The number of hydrogen-bond acceptors (Lipinski definition) is 3. The van der Waals surface area contributed by atoms with Crippen molar-refractivity contribution in [3.8, 4) is 6.07 Å². The molecule has 2 nitrogen and oxygen atoms in total. The Bertz CT molecular complexity index is 224. The van der Waals surface area contributed by atoms with Gasteiger partial charge in [-0.2, -0.15) is 5.26 Å². The van der Waals surface area contributed by atoms with Gasteiger partial charge in [-0.05, 0) is 22.6 Å². The van der Waals surface area contributed by atoms with Crippen molar-refractivity contribution in [1.29, 1.82) is 5.26 Å². The van der Waals surface area contributed by atoms with Crippen LogP contribution < -0.4 is 0 Å². The summed E-state index contributed by atoms with van der Waals surface area (Å²) in [6.07, 6.45) is 1.68. The molecule has 0 bridgehead atoms. The van der Waals surface area contributed by atoms with E-state index in [0.717, 1.165) is 2.88 Å². The minimum atomic E-state index is 0.536. The Hall–Kier alpha value is -0.150. The molecular formula is C4HIN2S. The second-order valence-corrected chi connectivity index (χ2v) is 4.01. The molecule has 0 saturated heterocycles. The van der Waals surface area contributed by atoms with Gasteiger partial charge in [0.15, 0.2) is 5.01 Å². The van der Waals surface area contributed by atoms with Crippen LogP contribution in [0.5, 0.6) is 0 Å². The van der Waals surface area contributed by atoms with Gasteiger partial charge in [0.2, 0.25) is 0 Å².